The molecule has 1 saturated heterocycles. The van der Waals surface area contributed by atoms with Crippen LogP contribution in [0, 0.1) is 0 Å². The van der Waals surface area contributed by atoms with Crippen LogP contribution in [-0.4, -0.2) is 56.7 Å². The standard InChI is InChI=1S/C17H24N6O/c1-3-21(4-2)16-8-7-14(10-19-16)17(24)22-9-5-6-15(11-22)23-13-18-12-20-23/h7-8,10,12-13,15H,3-6,9,11H2,1-2H3/t15-/m0/s1. The number of pyridine rings is 1. The summed E-state index contributed by atoms with van der Waals surface area (Å²) < 4.78 is 1.85. The lowest BCUT2D eigenvalue weighted by molar-refractivity contribution is 0.0672. The van der Waals surface area contributed by atoms with Gasteiger partial charge in [-0.25, -0.2) is 14.6 Å². The van der Waals surface area contributed by atoms with Gasteiger partial charge in [-0.3, -0.25) is 4.79 Å². The quantitative estimate of drug-likeness (QED) is 0.840. The molecule has 1 amide bonds. The average Bonchev–Trinajstić information content (AvgIpc) is 3.18. The van der Waals surface area contributed by atoms with E-state index < -0.39 is 0 Å². The Labute approximate surface area is 142 Å². The minimum atomic E-state index is 0.0402. The predicted octanol–water partition coefficient (Wildman–Crippen LogP) is 2.00. The fourth-order valence-electron chi connectivity index (χ4n) is 3.19. The van der Waals surface area contributed by atoms with Crippen molar-refractivity contribution in [2.75, 3.05) is 31.1 Å². The smallest absolute Gasteiger partial charge is 0.255 e. The number of carbonyl (C=O) groups is 1. The molecule has 2 aromatic rings. The molecular weight excluding hydrogens is 304 g/mol. The van der Waals surface area contributed by atoms with Crippen LogP contribution in [0.4, 0.5) is 5.82 Å². The molecule has 0 aromatic carbocycles. The molecule has 3 rings (SSSR count). The number of hydrogen-bond acceptors (Lipinski definition) is 5. The minimum absolute atomic E-state index is 0.0402. The van der Waals surface area contributed by atoms with E-state index in [0.29, 0.717) is 12.1 Å². The molecule has 0 bridgehead atoms. The van der Waals surface area contributed by atoms with Crippen molar-refractivity contribution in [1.29, 1.82) is 0 Å². The second-order valence-corrected chi connectivity index (χ2v) is 6.00. The largest absolute Gasteiger partial charge is 0.357 e. The van der Waals surface area contributed by atoms with Crippen LogP contribution in [0.15, 0.2) is 31.0 Å². The number of hydrogen-bond donors (Lipinski definition) is 0. The van der Waals surface area contributed by atoms with Gasteiger partial charge in [0.1, 0.15) is 18.5 Å². The van der Waals surface area contributed by atoms with Crippen LogP contribution in [0.1, 0.15) is 43.1 Å². The summed E-state index contributed by atoms with van der Waals surface area (Å²) in [4.78, 5) is 25.3. The van der Waals surface area contributed by atoms with Crippen molar-refractivity contribution in [2.24, 2.45) is 0 Å². The maximum absolute atomic E-state index is 12.8. The summed E-state index contributed by atoms with van der Waals surface area (Å²) in [5.41, 5.74) is 0.644. The lowest BCUT2D eigenvalue weighted by Crippen LogP contribution is -2.40. The number of aromatic nitrogens is 4. The second kappa shape index (κ2) is 7.42. The number of amides is 1. The van der Waals surface area contributed by atoms with Gasteiger partial charge in [-0.05, 0) is 38.8 Å². The van der Waals surface area contributed by atoms with E-state index in [1.807, 2.05) is 21.7 Å². The summed E-state index contributed by atoms with van der Waals surface area (Å²) in [6.07, 6.45) is 6.94. The van der Waals surface area contributed by atoms with Gasteiger partial charge in [0.25, 0.3) is 5.91 Å². The zero-order valence-corrected chi connectivity index (χ0v) is 14.3. The molecule has 0 unspecified atom stereocenters. The average molecular weight is 328 g/mol. The number of anilines is 1. The third kappa shape index (κ3) is 3.39. The molecule has 1 atom stereocenters. The van der Waals surface area contributed by atoms with E-state index in [1.165, 1.54) is 6.33 Å². The summed E-state index contributed by atoms with van der Waals surface area (Å²) in [6.45, 7) is 7.46. The zero-order valence-electron chi connectivity index (χ0n) is 14.3. The van der Waals surface area contributed by atoms with Crippen LogP contribution in [-0.2, 0) is 0 Å². The summed E-state index contributed by atoms with van der Waals surface area (Å²) in [5.74, 6) is 0.953. The van der Waals surface area contributed by atoms with Crippen LogP contribution >= 0.6 is 0 Å². The minimum Gasteiger partial charge on any atom is -0.357 e. The van der Waals surface area contributed by atoms with Crippen LogP contribution in [0.5, 0.6) is 0 Å². The van der Waals surface area contributed by atoms with Crippen molar-refractivity contribution >= 4 is 11.7 Å². The first-order valence-corrected chi connectivity index (χ1v) is 8.57. The van der Waals surface area contributed by atoms with E-state index in [2.05, 4.69) is 33.8 Å². The van der Waals surface area contributed by atoms with Crippen molar-refractivity contribution in [3.8, 4) is 0 Å². The lowest BCUT2D eigenvalue weighted by atomic mass is 10.1. The first-order chi connectivity index (χ1) is 11.7. The van der Waals surface area contributed by atoms with Gasteiger partial charge in [0, 0.05) is 32.4 Å². The van der Waals surface area contributed by atoms with Crippen LogP contribution in [0.2, 0.25) is 0 Å². The van der Waals surface area contributed by atoms with Gasteiger partial charge < -0.3 is 9.80 Å². The Bertz CT molecular complexity index is 650. The molecule has 24 heavy (non-hydrogen) atoms. The van der Waals surface area contributed by atoms with Crippen molar-refractivity contribution in [3.05, 3.63) is 36.5 Å². The van der Waals surface area contributed by atoms with Gasteiger partial charge in [-0.2, -0.15) is 5.10 Å². The van der Waals surface area contributed by atoms with E-state index in [0.717, 1.165) is 38.3 Å². The van der Waals surface area contributed by atoms with Gasteiger partial charge in [0.2, 0.25) is 0 Å². The maximum Gasteiger partial charge on any atom is 0.255 e. The number of piperidine rings is 1. The number of rotatable bonds is 5. The SMILES string of the molecule is CCN(CC)c1ccc(C(=O)N2CCC[C@H](n3cncn3)C2)cn1. The zero-order chi connectivity index (χ0) is 16.9. The van der Waals surface area contributed by atoms with Gasteiger partial charge in [0.05, 0.1) is 11.6 Å². The summed E-state index contributed by atoms with van der Waals surface area (Å²) in [5, 5.41) is 4.21. The monoisotopic (exact) mass is 328 g/mol. The fourth-order valence-corrected chi connectivity index (χ4v) is 3.19. The molecule has 0 radical (unpaired) electrons. The Balaban J connectivity index is 1.69. The first-order valence-electron chi connectivity index (χ1n) is 8.57. The van der Waals surface area contributed by atoms with Gasteiger partial charge in [-0.1, -0.05) is 0 Å². The van der Waals surface area contributed by atoms with Crippen molar-refractivity contribution in [1.82, 2.24) is 24.6 Å². The van der Waals surface area contributed by atoms with Crippen LogP contribution in [0.25, 0.3) is 0 Å². The van der Waals surface area contributed by atoms with Gasteiger partial charge >= 0.3 is 0 Å². The molecule has 1 aliphatic rings. The van der Waals surface area contributed by atoms with E-state index in [4.69, 9.17) is 0 Å². The molecule has 7 heteroatoms. The molecule has 7 nitrogen and oxygen atoms in total. The number of nitrogens with zero attached hydrogens (tertiary/aromatic N) is 6. The molecule has 1 fully saturated rings. The molecular formula is C17H24N6O. The molecule has 0 aliphatic carbocycles. The molecule has 2 aromatic heterocycles. The normalized spacial score (nSPS) is 17.8. The van der Waals surface area contributed by atoms with Crippen molar-refractivity contribution in [3.63, 3.8) is 0 Å². The fraction of sp³-hybridized carbons (Fsp3) is 0.529. The first kappa shape index (κ1) is 16.4. The molecule has 0 N–H and O–H groups in total. The Kier molecular flexibility index (Phi) is 5.08. The Morgan fingerprint density at radius 3 is 2.79 bits per heavy atom. The second-order valence-electron chi connectivity index (χ2n) is 6.00. The Hall–Kier alpha value is -2.44. The maximum atomic E-state index is 12.8. The predicted molar refractivity (Wildman–Crippen MR) is 92.0 cm³/mol. The number of likely N-dealkylation sites (tertiary alicyclic amines) is 1. The van der Waals surface area contributed by atoms with Crippen LogP contribution in [0.3, 0.4) is 0 Å². The molecule has 3 heterocycles. The van der Waals surface area contributed by atoms with E-state index in [-0.39, 0.29) is 11.9 Å². The summed E-state index contributed by atoms with van der Waals surface area (Å²) in [7, 11) is 0. The molecule has 1 aliphatic heterocycles. The van der Waals surface area contributed by atoms with E-state index in [9.17, 15) is 4.79 Å². The highest BCUT2D eigenvalue weighted by Crippen LogP contribution is 2.22. The van der Waals surface area contributed by atoms with E-state index in [1.54, 1.807) is 12.5 Å². The Morgan fingerprint density at radius 1 is 1.33 bits per heavy atom. The Morgan fingerprint density at radius 2 is 2.17 bits per heavy atom. The van der Waals surface area contributed by atoms with Crippen molar-refractivity contribution < 1.29 is 4.79 Å². The third-order valence-electron chi connectivity index (χ3n) is 4.58. The molecule has 0 saturated carbocycles. The van der Waals surface area contributed by atoms with Gasteiger partial charge in [0.15, 0.2) is 0 Å². The van der Waals surface area contributed by atoms with E-state index >= 15 is 0 Å². The highest BCUT2D eigenvalue weighted by Gasteiger charge is 2.26. The number of carbonyl (C=O) groups excluding carboxylic acids is 1. The molecule has 128 valence electrons. The highest BCUT2D eigenvalue weighted by molar-refractivity contribution is 5.94. The summed E-state index contributed by atoms with van der Waals surface area (Å²) >= 11 is 0. The highest BCUT2D eigenvalue weighted by atomic mass is 16.2. The topological polar surface area (TPSA) is 67.2 Å². The third-order valence-corrected chi connectivity index (χ3v) is 4.58. The van der Waals surface area contributed by atoms with Crippen LogP contribution < -0.4 is 4.90 Å². The molecule has 0 spiro atoms. The van der Waals surface area contributed by atoms with Gasteiger partial charge in [-0.15, -0.1) is 0 Å². The summed E-state index contributed by atoms with van der Waals surface area (Å²) in [6, 6.07) is 4.01. The lowest BCUT2D eigenvalue weighted by Gasteiger charge is -2.32. The van der Waals surface area contributed by atoms with Crippen molar-refractivity contribution in [2.45, 2.75) is 32.7 Å².